The van der Waals surface area contributed by atoms with E-state index < -0.39 is 17.7 Å². The van der Waals surface area contributed by atoms with Crippen molar-refractivity contribution < 1.29 is 24.2 Å². The van der Waals surface area contributed by atoms with Gasteiger partial charge in [-0.2, -0.15) is 0 Å². The second kappa shape index (κ2) is 11.5. The number of aryl methyl sites for hydroxylation is 1. The van der Waals surface area contributed by atoms with Crippen molar-refractivity contribution >= 4 is 33.4 Å². The first-order valence-electron chi connectivity index (χ1n) is 11.7. The van der Waals surface area contributed by atoms with Gasteiger partial charge in [0.25, 0.3) is 11.7 Å². The summed E-state index contributed by atoms with van der Waals surface area (Å²) in [4.78, 5) is 27.7. The molecule has 4 rings (SSSR count). The number of rotatable bonds is 9. The molecular formula is C29H28BrNO5. The minimum Gasteiger partial charge on any atom is -0.507 e. The fraction of sp³-hybridized carbons (Fsp3) is 0.241. The summed E-state index contributed by atoms with van der Waals surface area (Å²) in [6.07, 6.45) is 0.570. The van der Waals surface area contributed by atoms with Gasteiger partial charge >= 0.3 is 0 Å². The zero-order chi connectivity index (χ0) is 25.7. The van der Waals surface area contributed by atoms with Crippen LogP contribution in [0.5, 0.6) is 5.75 Å². The molecule has 0 aromatic heterocycles. The van der Waals surface area contributed by atoms with Crippen LogP contribution in [0.3, 0.4) is 0 Å². The van der Waals surface area contributed by atoms with Gasteiger partial charge in [0.1, 0.15) is 18.1 Å². The highest BCUT2D eigenvalue weighted by Crippen LogP contribution is 2.40. The number of hydrogen-bond acceptors (Lipinski definition) is 5. The highest BCUT2D eigenvalue weighted by atomic mass is 79.9. The van der Waals surface area contributed by atoms with E-state index in [-0.39, 0.29) is 11.3 Å². The number of ether oxygens (including phenoxy) is 2. The van der Waals surface area contributed by atoms with E-state index in [9.17, 15) is 14.7 Å². The van der Waals surface area contributed by atoms with E-state index in [0.29, 0.717) is 37.5 Å². The van der Waals surface area contributed by atoms with Crippen molar-refractivity contribution in [3.8, 4) is 5.75 Å². The summed E-state index contributed by atoms with van der Waals surface area (Å²) in [5.74, 6) is -0.868. The number of ketones is 1. The van der Waals surface area contributed by atoms with E-state index in [0.717, 1.165) is 21.2 Å². The molecule has 186 valence electrons. The zero-order valence-electron chi connectivity index (χ0n) is 20.2. The smallest absolute Gasteiger partial charge is 0.295 e. The molecule has 1 aliphatic heterocycles. The minimum atomic E-state index is -0.701. The van der Waals surface area contributed by atoms with Crippen LogP contribution in [-0.2, 0) is 20.9 Å². The SMILES string of the molecule is COCCCN1C(=O)C(=O)/C(=C(/O)c2ccc(OCc3ccccc3)cc2C)C1c1cccc(Br)c1. The summed E-state index contributed by atoms with van der Waals surface area (Å²) in [7, 11) is 1.59. The Morgan fingerprint density at radius 2 is 1.81 bits per heavy atom. The molecule has 6 nitrogen and oxygen atoms in total. The predicted molar refractivity (Wildman–Crippen MR) is 142 cm³/mol. The number of carbonyl (C=O) groups is 2. The number of benzene rings is 3. The van der Waals surface area contributed by atoms with Crippen LogP contribution in [-0.4, -0.2) is 42.0 Å². The molecule has 0 spiro atoms. The van der Waals surface area contributed by atoms with Crippen LogP contribution in [0.2, 0.25) is 0 Å². The summed E-state index contributed by atoms with van der Waals surface area (Å²) in [6, 6.07) is 21.9. The Bertz CT molecular complexity index is 1290. The molecule has 1 fully saturated rings. The molecule has 0 radical (unpaired) electrons. The first kappa shape index (κ1) is 25.7. The Balaban J connectivity index is 1.69. The maximum atomic E-state index is 13.2. The van der Waals surface area contributed by atoms with Gasteiger partial charge in [0.2, 0.25) is 0 Å². The van der Waals surface area contributed by atoms with Crippen LogP contribution in [0.4, 0.5) is 0 Å². The molecule has 0 aliphatic carbocycles. The van der Waals surface area contributed by atoms with Crippen molar-refractivity contribution in [2.24, 2.45) is 0 Å². The summed E-state index contributed by atoms with van der Waals surface area (Å²) in [5, 5.41) is 11.4. The number of nitrogens with zero attached hydrogens (tertiary/aromatic N) is 1. The van der Waals surface area contributed by atoms with Crippen molar-refractivity contribution in [1.82, 2.24) is 4.90 Å². The standard InChI is InChI=1S/C29H28BrNO5/c1-19-16-23(36-18-20-8-4-3-5-9-20)12-13-24(19)27(32)25-26(21-10-6-11-22(30)17-21)31(14-7-15-35-2)29(34)28(25)33/h3-6,8-13,16-17,26,32H,7,14-15,18H2,1-2H3/b27-25+. The Morgan fingerprint density at radius 3 is 2.50 bits per heavy atom. The summed E-state index contributed by atoms with van der Waals surface area (Å²) >= 11 is 3.48. The number of carbonyl (C=O) groups excluding carboxylic acids is 2. The first-order chi connectivity index (χ1) is 17.4. The van der Waals surface area contributed by atoms with Gasteiger partial charge in [0.15, 0.2) is 0 Å². The van der Waals surface area contributed by atoms with Crippen LogP contribution < -0.4 is 4.74 Å². The monoisotopic (exact) mass is 549 g/mol. The van der Waals surface area contributed by atoms with Crippen LogP contribution in [0.1, 0.15) is 34.7 Å². The van der Waals surface area contributed by atoms with Crippen LogP contribution in [0, 0.1) is 6.92 Å². The van der Waals surface area contributed by atoms with E-state index in [1.807, 2.05) is 67.6 Å². The molecule has 1 unspecified atom stereocenters. The third kappa shape index (κ3) is 5.53. The summed E-state index contributed by atoms with van der Waals surface area (Å²) < 4.78 is 11.9. The van der Waals surface area contributed by atoms with Gasteiger partial charge in [-0.1, -0.05) is 58.4 Å². The molecule has 3 aromatic rings. The fourth-order valence-corrected chi connectivity index (χ4v) is 4.81. The highest BCUT2D eigenvalue weighted by molar-refractivity contribution is 9.10. The van der Waals surface area contributed by atoms with Crippen molar-refractivity contribution in [2.45, 2.75) is 26.0 Å². The van der Waals surface area contributed by atoms with Crippen molar-refractivity contribution in [2.75, 3.05) is 20.3 Å². The summed E-state index contributed by atoms with van der Waals surface area (Å²) in [5.41, 5.74) is 3.08. The van der Waals surface area contributed by atoms with Crippen molar-refractivity contribution in [3.63, 3.8) is 0 Å². The number of halogens is 1. The fourth-order valence-electron chi connectivity index (χ4n) is 4.39. The average Bonchev–Trinajstić information content (AvgIpc) is 3.13. The molecule has 3 aromatic carbocycles. The quantitative estimate of drug-likeness (QED) is 0.158. The molecule has 1 amide bonds. The van der Waals surface area contributed by atoms with Gasteiger partial charge in [-0.05, 0) is 60.4 Å². The Labute approximate surface area is 219 Å². The minimum absolute atomic E-state index is 0.0802. The molecule has 0 bridgehead atoms. The van der Waals surface area contributed by atoms with Gasteiger partial charge in [0.05, 0.1) is 11.6 Å². The number of aliphatic hydroxyl groups excluding tert-OH is 1. The highest BCUT2D eigenvalue weighted by Gasteiger charge is 2.45. The molecule has 1 saturated heterocycles. The predicted octanol–water partition coefficient (Wildman–Crippen LogP) is 5.79. The Hall–Kier alpha value is -3.42. The van der Waals surface area contributed by atoms with Gasteiger partial charge in [-0.3, -0.25) is 9.59 Å². The van der Waals surface area contributed by atoms with Gasteiger partial charge < -0.3 is 19.5 Å². The molecule has 1 heterocycles. The number of methoxy groups -OCH3 is 1. The third-order valence-electron chi connectivity index (χ3n) is 6.15. The first-order valence-corrected chi connectivity index (χ1v) is 12.5. The van der Waals surface area contributed by atoms with E-state index in [1.165, 1.54) is 4.90 Å². The maximum Gasteiger partial charge on any atom is 0.295 e. The molecule has 1 atom stereocenters. The van der Waals surface area contributed by atoms with Crippen LogP contribution in [0.15, 0.2) is 82.8 Å². The van der Waals surface area contributed by atoms with Crippen LogP contribution in [0.25, 0.3) is 5.76 Å². The lowest BCUT2D eigenvalue weighted by Gasteiger charge is -2.25. The Morgan fingerprint density at radius 1 is 1.03 bits per heavy atom. The Kier molecular flexibility index (Phi) is 8.23. The van der Waals surface area contributed by atoms with E-state index in [2.05, 4.69) is 15.9 Å². The molecule has 1 aliphatic rings. The molecule has 1 N–H and O–H groups in total. The number of Topliss-reactive ketones (excluding diaryl/α,β-unsaturated/α-hetero) is 1. The maximum absolute atomic E-state index is 13.2. The largest absolute Gasteiger partial charge is 0.507 e. The molecule has 7 heteroatoms. The van der Waals surface area contributed by atoms with Gasteiger partial charge in [-0.25, -0.2) is 0 Å². The number of hydrogen-bond donors (Lipinski definition) is 1. The normalized spacial score (nSPS) is 17.0. The van der Waals surface area contributed by atoms with Crippen molar-refractivity contribution in [3.05, 3.63) is 105 Å². The van der Waals surface area contributed by atoms with E-state index in [1.54, 1.807) is 19.2 Å². The molecular weight excluding hydrogens is 522 g/mol. The van der Waals surface area contributed by atoms with E-state index in [4.69, 9.17) is 9.47 Å². The lowest BCUT2D eigenvalue weighted by atomic mass is 9.94. The third-order valence-corrected chi connectivity index (χ3v) is 6.65. The molecule has 36 heavy (non-hydrogen) atoms. The van der Waals surface area contributed by atoms with Crippen molar-refractivity contribution in [1.29, 1.82) is 0 Å². The number of aliphatic hydroxyl groups is 1. The zero-order valence-corrected chi connectivity index (χ0v) is 21.8. The van der Waals surface area contributed by atoms with Gasteiger partial charge in [-0.15, -0.1) is 0 Å². The van der Waals surface area contributed by atoms with Crippen LogP contribution >= 0.6 is 15.9 Å². The van der Waals surface area contributed by atoms with Gasteiger partial charge in [0, 0.05) is 30.3 Å². The number of amides is 1. The lowest BCUT2D eigenvalue weighted by Crippen LogP contribution is -2.31. The summed E-state index contributed by atoms with van der Waals surface area (Å²) in [6.45, 7) is 3.05. The molecule has 0 saturated carbocycles. The number of likely N-dealkylation sites (tertiary alicyclic amines) is 1. The second-order valence-corrected chi connectivity index (χ2v) is 9.56. The second-order valence-electron chi connectivity index (χ2n) is 8.64. The lowest BCUT2D eigenvalue weighted by molar-refractivity contribution is -0.140. The van der Waals surface area contributed by atoms with E-state index >= 15 is 0 Å². The average molecular weight is 550 g/mol. The topological polar surface area (TPSA) is 76.1 Å².